The minimum Gasteiger partial charge on any atom is -0.348 e. The van der Waals surface area contributed by atoms with Gasteiger partial charge in [-0.3, -0.25) is 14.0 Å². The molecule has 24 heavy (non-hydrogen) atoms. The number of carbonyl (C=O) groups excluding carboxylic acids is 2. The van der Waals surface area contributed by atoms with E-state index in [0.29, 0.717) is 0 Å². The van der Waals surface area contributed by atoms with Gasteiger partial charge < -0.3 is 5.32 Å². The van der Waals surface area contributed by atoms with E-state index in [1.54, 1.807) is 0 Å². The van der Waals surface area contributed by atoms with E-state index in [9.17, 15) is 22.8 Å². The molecule has 3 rings (SSSR count). The van der Waals surface area contributed by atoms with Crippen LogP contribution in [0.5, 0.6) is 0 Å². The van der Waals surface area contributed by atoms with Gasteiger partial charge in [0.1, 0.15) is 11.5 Å². The molecule has 0 spiro atoms. The summed E-state index contributed by atoms with van der Waals surface area (Å²) in [6, 6.07) is 2.11. The minimum absolute atomic E-state index is 0.111. The number of amides is 2. The maximum atomic E-state index is 12.9. The van der Waals surface area contributed by atoms with E-state index >= 15 is 0 Å². The zero-order valence-corrected chi connectivity index (χ0v) is 12.0. The summed E-state index contributed by atoms with van der Waals surface area (Å²) in [4.78, 5) is 27.0. The Morgan fingerprint density at radius 1 is 1.33 bits per heavy atom. The number of aromatic nitrogens is 3. The Balaban J connectivity index is 1.79. The molecule has 1 unspecified atom stereocenters. The lowest BCUT2D eigenvalue weighted by Gasteiger charge is -2.11. The first-order valence-corrected chi connectivity index (χ1v) is 6.80. The van der Waals surface area contributed by atoms with Crippen LogP contribution in [-0.2, 0) is 22.3 Å². The van der Waals surface area contributed by atoms with Gasteiger partial charge in [-0.1, -0.05) is 6.08 Å². The third kappa shape index (κ3) is 2.90. The molecule has 1 aliphatic rings. The first kappa shape index (κ1) is 15.8. The van der Waals surface area contributed by atoms with E-state index in [4.69, 9.17) is 0 Å². The van der Waals surface area contributed by atoms with Gasteiger partial charge in [0.15, 0.2) is 11.5 Å². The number of allylic oxidation sites excluding steroid dienone is 1. The van der Waals surface area contributed by atoms with Crippen molar-refractivity contribution in [1.82, 2.24) is 19.9 Å². The number of carbonyl (C=O) groups is 2. The van der Waals surface area contributed by atoms with Crippen molar-refractivity contribution in [2.45, 2.75) is 12.7 Å². The zero-order valence-electron chi connectivity index (χ0n) is 12.0. The monoisotopic (exact) mass is 337 g/mol. The molecule has 0 aromatic carbocycles. The third-order valence-corrected chi connectivity index (χ3v) is 3.37. The number of nitrogens with one attached hydrogen (secondary N) is 1. The van der Waals surface area contributed by atoms with Crippen molar-refractivity contribution in [2.24, 2.45) is 10.9 Å². The van der Waals surface area contributed by atoms with Crippen LogP contribution in [0.15, 0.2) is 35.5 Å². The van der Waals surface area contributed by atoms with Crippen LogP contribution in [0.2, 0.25) is 0 Å². The smallest absolute Gasteiger partial charge is 0.348 e. The molecule has 0 bridgehead atoms. The van der Waals surface area contributed by atoms with Crippen LogP contribution >= 0.6 is 0 Å². The lowest BCUT2D eigenvalue weighted by Crippen LogP contribution is -2.34. The van der Waals surface area contributed by atoms with E-state index in [1.165, 1.54) is 30.6 Å². The Labute approximate surface area is 132 Å². The number of nitrogens with zero attached hydrogens (tertiary/aromatic N) is 4. The summed E-state index contributed by atoms with van der Waals surface area (Å²) in [6.07, 6.45) is 0.925. The number of dihydropyridines is 1. The van der Waals surface area contributed by atoms with Crippen LogP contribution in [0.1, 0.15) is 11.4 Å². The number of halogens is 3. The van der Waals surface area contributed by atoms with Gasteiger partial charge >= 0.3 is 6.18 Å². The summed E-state index contributed by atoms with van der Waals surface area (Å²) in [5.41, 5.74) is -1.28. The first-order chi connectivity index (χ1) is 11.4. The van der Waals surface area contributed by atoms with Crippen molar-refractivity contribution >= 4 is 23.7 Å². The van der Waals surface area contributed by atoms with Crippen LogP contribution in [0.4, 0.5) is 13.2 Å². The number of pyridine rings is 1. The maximum Gasteiger partial charge on any atom is 0.420 e. The summed E-state index contributed by atoms with van der Waals surface area (Å²) in [5, 5.41) is 9.65. The van der Waals surface area contributed by atoms with Crippen molar-refractivity contribution < 1.29 is 22.8 Å². The van der Waals surface area contributed by atoms with Crippen molar-refractivity contribution in [3.05, 3.63) is 41.9 Å². The molecule has 7 nitrogen and oxygen atoms in total. The zero-order chi connectivity index (χ0) is 17.3. The van der Waals surface area contributed by atoms with Crippen molar-refractivity contribution in [3.63, 3.8) is 0 Å². The SMILES string of the molecule is O=C1N=CC=CC1C(=O)NCc1nnc2c(C(F)(F)F)cccn12. The molecule has 0 fully saturated rings. The van der Waals surface area contributed by atoms with Crippen molar-refractivity contribution in [3.8, 4) is 0 Å². The number of rotatable bonds is 3. The first-order valence-electron chi connectivity index (χ1n) is 6.80. The fourth-order valence-electron chi connectivity index (χ4n) is 2.22. The molecule has 3 heterocycles. The molecule has 1 N–H and O–H groups in total. The summed E-state index contributed by atoms with van der Waals surface area (Å²) >= 11 is 0. The highest BCUT2D eigenvalue weighted by Crippen LogP contribution is 2.31. The van der Waals surface area contributed by atoms with Crippen LogP contribution in [0, 0.1) is 5.92 Å². The molecular formula is C14H10F3N5O2. The standard InChI is InChI=1S/C14H10F3N5O2/c15-14(16,17)9-4-2-6-22-10(20-21-11(9)22)7-19-13(24)8-3-1-5-18-12(8)23/h1-6,8H,7H2,(H,19,24). The summed E-state index contributed by atoms with van der Waals surface area (Å²) in [6.45, 7) is -0.178. The lowest BCUT2D eigenvalue weighted by atomic mass is 10.1. The van der Waals surface area contributed by atoms with E-state index in [1.807, 2.05) is 0 Å². The number of hydrogen-bond donors (Lipinski definition) is 1. The average molecular weight is 337 g/mol. The predicted molar refractivity (Wildman–Crippen MR) is 76.0 cm³/mol. The van der Waals surface area contributed by atoms with Gasteiger partial charge in [-0.2, -0.15) is 13.2 Å². The Hall–Kier alpha value is -3.04. The molecule has 2 aromatic heterocycles. The second kappa shape index (κ2) is 5.87. The predicted octanol–water partition coefficient (Wildman–Crippen LogP) is 1.15. The van der Waals surface area contributed by atoms with Gasteiger partial charge in [-0.25, -0.2) is 4.99 Å². The van der Waals surface area contributed by atoms with Crippen LogP contribution in [0.25, 0.3) is 5.65 Å². The summed E-state index contributed by atoms with van der Waals surface area (Å²) < 4.78 is 39.9. The van der Waals surface area contributed by atoms with E-state index in [2.05, 4.69) is 20.5 Å². The van der Waals surface area contributed by atoms with Gasteiger partial charge in [-0.15, -0.1) is 10.2 Å². The Morgan fingerprint density at radius 3 is 2.83 bits per heavy atom. The van der Waals surface area contributed by atoms with Crippen LogP contribution in [0.3, 0.4) is 0 Å². The number of fused-ring (bicyclic) bond motifs is 1. The topological polar surface area (TPSA) is 88.7 Å². The van der Waals surface area contributed by atoms with Gasteiger partial charge in [0.2, 0.25) is 5.91 Å². The second-order valence-electron chi connectivity index (χ2n) is 4.93. The average Bonchev–Trinajstić information content (AvgIpc) is 2.95. The lowest BCUT2D eigenvalue weighted by molar-refractivity contribution is -0.137. The normalized spacial score (nSPS) is 17.5. The molecule has 10 heteroatoms. The molecule has 124 valence electrons. The number of hydrogen-bond acceptors (Lipinski definition) is 4. The van der Waals surface area contributed by atoms with Gasteiger partial charge in [0.25, 0.3) is 5.91 Å². The molecule has 0 saturated carbocycles. The third-order valence-electron chi connectivity index (χ3n) is 3.37. The van der Waals surface area contributed by atoms with Gasteiger partial charge in [0.05, 0.1) is 6.54 Å². The Bertz CT molecular complexity index is 869. The minimum atomic E-state index is -4.56. The number of aliphatic imine (C=N–C) groups is 1. The maximum absolute atomic E-state index is 12.9. The molecule has 0 saturated heterocycles. The van der Waals surface area contributed by atoms with Crippen LogP contribution in [-0.4, -0.2) is 32.6 Å². The molecular weight excluding hydrogens is 327 g/mol. The van der Waals surface area contributed by atoms with Crippen molar-refractivity contribution in [1.29, 1.82) is 0 Å². The molecule has 0 radical (unpaired) electrons. The van der Waals surface area contributed by atoms with Gasteiger partial charge in [-0.05, 0) is 18.2 Å². The molecule has 2 amide bonds. The molecule has 0 aliphatic carbocycles. The highest BCUT2D eigenvalue weighted by Gasteiger charge is 2.34. The highest BCUT2D eigenvalue weighted by molar-refractivity contribution is 6.07. The second-order valence-corrected chi connectivity index (χ2v) is 4.93. The Kier molecular flexibility index (Phi) is 3.87. The van der Waals surface area contributed by atoms with E-state index in [0.717, 1.165) is 10.5 Å². The molecule has 1 aliphatic heterocycles. The Morgan fingerprint density at radius 2 is 2.12 bits per heavy atom. The van der Waals surface area contributed by atoms with Crippen LogP contribution < -0.4 is 5.32 Å². The fraction of sp³-hybridized carbons (Fsp3) is 0.214. The van der Waals surface area contributed by atoms with E-state index in [-0.39, 0.29) is 18.0 Å². The summed E-state index contributed by atoms with van der Waals surface area (Å²) in [7, 11) is 0. The van der Waals surface area contributed by atoms with E-state index < -0.39 is 29.5 Å². The largest absolute Gasteiger partial charge is 0.420 e. The molecule has 2 aromatic rings. The van der Waals surface area contributed by atoms with Gasteiger partial charge in [0, 0.05) is 12.4 Å². The highest BCUT2D eigenvalue weighted by atomic mass is 19.4. The summed E-state index contributed by atoms with van der Waals surface area (Å²) in [5.74, 6) is -2.17. The quantitative estimate of drug-likeness (QED) is 0.851. The number of alkyl halides is 3. The molecule has 1 atom stereocenters. The fourth-order valence-corrected chi connectivity index (χ4v) is 2.22. The van der Waals surface area contributed by atoms with Crippen molar-refractivity contribution in [2.75, 3.05) is 0 Å².